The number of rotatable bonds is 4. The molecule has 0 bridgehead atoms. The Balaban J connectivity index is 2.81. The molecule has 1 rings (SSSR count). The maximum absolute atomic E-state index is 5.61. The molecule has 13 heavy (non-hydrogen) atoms. The summed E-state index contributed by atoms with van der Waals surface area (Å²) in [5, 5.41) is 4.21. The minimum atomic E-state index is 0.678. The van der Waals surface area contributed by atoms with Crippen LogP contribution in [0.15, 0.2) is 18.3 Å². The van der Waals surface area contributed by atoms with Crippen molar-refractivity contribution < 1.29 is 0 Å². The number of hydrogen-bond donors (Lipinski definition) is 0. The molecule has 72 valence electrons. The number of allylic oxidation sites excluding steroid dienone is 2. The average Bonchev–Trinajstić information content (AvgIpc) is 2.61. The van der Waals surface area contributed by atoms with Gasteiger partial charge in [-0.3, -0.25) is 4.68 Å². The van der Waals surface area contributed by atoms with E-state index >= 15 is 0 Å². The van der Waals surface area contributed by atoms with E-state index in [0.29, 0.717) is 5.88 Å². The summed E-state index contributed by atoms with van der Waals surface area (Å²) in [5.41, 5.74) is 2.44. The minimum absolute atomic E-state index is 0.678. The molecule has 3 heteroatoms. The SMILES string of the molecule is CCn1nccc1C(C)=CCCCl. The molecule has 1 aromatic rings. The van der Waals surface area contributed by atoms with Gasteiger partial charge >= 0.3 is 0 Å². The second-order valence-corrected chi connectivity index (χ2v) is 3.27. The maximum Gasteiger partial charge on any atom is 0.0635 e. The number of halogens is 1. The average molecular weight is 199 g/mol. The zero-order valence-electron chi connectivity index (χ0n) is 8.13. The Labute approximate surface area is 84.2 Å². The molecule has 0 spiro atoms. The van der Waals surface area contributed by atoms with Crippen LogP contribution in [-0.4, -0.2) is 15.7 Å². The van der Waals surface area contributed by atoms with Crippen LogP contribution < -0.4 is 0 Å². The van der Waals surface area contributed by atoms with E-state index in [9.17, 15) is 0 Å². The molecule has 0 aliphatic carbocycles. The van der Waals surface area contributed by atoms with E-state index < -0.39 is 0 Å². The number of hydrogen-bond acceptors (Lipinski definition) is 1. The summed E-state index contributed by atoms with van der Waals surface area (Å²) in [6.07, 6.45) is 4.90. The number of alkyl halides is 1. The lowest BCUT2D eigenvalue weighted by Crippen LogP contribution is -2.00. The molecule has 0 N–H and O–H groups in total. The van der Waals surface area contributed by atoms with Gasteiger partial charge in [0.15, 0.2) is 0 Å². The van der Waals surface area contributed by atoms with Crippen LogP contribution >= 0.6 is 11.6 Å². The third-order valence-electron chi connectivity index (χ3n) is 1.98. The van der Waals surface area contributed by atoms with Crippen LogP contribution in [-0.2, 0) is 6.54 Å². The lowest BCUT2D eigenvalue weighted by Gasteiger charge is -2.04. The van der Waals surface area contributed by atoms with Crippen molar-refractivity contribution in [1.29, 1.82) is 0 Å². The van der Waals surface area contributed by atoms with Crippen LogP contribution in [0.25, 0.3) is 5.57 Å². The summed E-state index contributed by atoms with van der Waals surface area (Å²) in [6.45, 7) is 5.09. The molecule has 1 aromatic heterocycles. The summed E-state index contributed by atoms with van der Waals surface area (Å²) >= 11 is 5.61. The van der Waals surface area contributed by atoms with E-state index in [4.69, 9.17) is 11.6 Å². The van der Waals surface area contributed by atoms with Gasteiger partial charge in [0, 0.05) is 18.6 Å². The van der Waals surface area contributed by atoms with Crippen LogP contribution in [0.5, 0.6) is 0 Å². The van der Waals surface area contributed by atoms with E-state index in [-0.39, 0.29) is 0 Å². The lowest BCUT2D eigenvalue weighted by atomic mass is 10.2. The molecule has 0 unspecified atom stereocenters. The highest BCUT2D eigenvalue weighted by molar-refractivity contribution is 6.17. The van der Waals surface area contributed by atoms with Gasteiger partial charge in [0.1, 0.15) is 0 Å². The third kappa shape index (κ3) is 2.59. The van der Waals surface area contributed by atoms with Gasteiger partial charge in [0.25, 0.3) is 0 Å². The second kappa shape index (κ2) is 5.07. The molecule has 0 aliphatic rings. The normalized spacial score (nSPS) is 12.1. The topological polar surface area (TPSA) is 17.8 Å². The number of nitrogens with zero attached hydrogens (tertiary/aromatic N) is 2. The fourth-order valence-electron chi connectivity index (χ4n) is 1.30. The maximum atomic E-state index is 5.61. The van der Waals surface area contributed by atoms with Crippen molar-refractivity contribution in [3.8, 4) is 0 Å². The highest BCUT2D eigenvalue weighted by Crippen LogP contribution is 2.13. The number of aromatic nitrogens is 2. The highest BCUT2D eigenvalue weighted by Gasteiger charge is 2.01. The molecular weight excluding hydrogens is 184 g/mol. The molecule has 0 radical (unpaired) electrons. The van der Waals surface area contributed by atoms with E-state index in [1.807, 2.05) is 16.9 Å². The zero-order valence-corrected chi connectivity index (χ0v) is 8.88. The molecule has 0 fully saturated rings. The number of aryl methyl sites for hydroxylation is 1. The van der Waals surface area contributed by atoms with Crippen molar-refractivity contribution in [2.45, 2.75) is 26.8 Å². The van der Waals surface area contributed by atoms with Crippen molar-refractivity contribution in [1.82, 2.24) is 9.78 Å². The van der Waals surface area contributed by atoms with E-state index in [2.05, 4.69) is 25.0 Å². The standard InChI is InChI=1S/C10H15ClN2/c1-3-13-10(6-8-12-13)9(2)5-4-7-11/h5-6,8H,3-4,7H2,1-2H3. The van der Waals surface area contributed by atoms with Crippen molar-refractivity contribution in [2.24, 2.45) is 0 Å². The first-order valence-corrected chi connectivity index (χ1v) is 5.08. The van der Waals surface area contributed by atoms with Gasteiger partial charge < -0.3 is 0 Å². The molecular formula is C10H15ClN2. The van der Waals surface area contributed by atoms with Gasteiger partial charge in [0.05, 0.1) is 5.69 Å². The predicted octanol–water partition coefficient (Wildman–Crippen LogP) is 2.94. The Morgan fingerprint density at radius 1 is 1.69 bits per heavy atom. The van der Waals surface area contributed by atoms with Gasteiger partial charge in [-0.15, -0.1) is 11.6 Å². The lowest BCUT2D eigenvalue weighted by molar-refractivity contribution is 0.651. The van der Waals surface area contributed by atoms with Crippen molar-refractivity contribution in [2.75, 3.05) is 5.88 Å². The van der Waals surface area contributed by atoms with E-state index in [1.165, 1.54) is 11.3 Å². The van der Waals surface area contributed by atoms with Gasteiger partial charge in [0.2, 0.25) is 0 Å². The Bertz CT molecular complexity index is 289. The van der Waals surface area contributed by atoms with Crippen LogP contribution in [0.4, 0.5) is 0 Å². The van der Waals surface area contributed by atoms with Crippen LogP contribution in [0.1, 0.15) is 26.0 Å². The molecule has 0 atom stereocenters. The smallest absolute Gasteiger partial charge is 0.0635 e. The third-order valence-corrected chi connectivity index (χ3v) is 2.20. The Kier molecular flexibility index (Phi) is 4.03. The zero-order chi connectivity index (χ0) is 9.68. The molecule has 0 amide bonds. The van der Waals surface area contributed by atoms with Crippen molar-refractivity contribution in [3.63, 3.8) is 0 Å². The van der Waals surface area contributed by atoms with Gasteiger partial charge in [-0.1, -0.05) is 6.08 Å². The minimum Gasteiger partial charge on any atom is -0.266 e. The Hall–Kier alpha value is -0.760. The molecule has 0 saturated carbocycles. The van der Waals surface area contributed by atoms with Gasteiger partial charge in [-0.25, -0.2) is 0 Å². The van der Waals surface area contributed by atoms with Crippen molar-refractivity contribution in [3.05, 3.63) is 24.0 Å². The summed E-state index contributed by atoms with van der Waals surface area (Å²) < 4.78 is 1.99. The first-order valence-electron chi connectivity index (χ1n) is 4.54. The Morgan fingerprint density at radius 3 is 3.08 bits per heavy atom. The summed E-state index contributed by atoms with van der Waals surface area (Å²) in [4.78, 5) is 0. The predicted molar refractivity (Wildman–Crippen MR) is 56.9 cm³/mol. The Morgan fingerprint density at radius 2 is 2.46 bits per heavy atom. The fourth-order valence-corrected chi connectivity index (χ4v) is 1.40. The largest absolute Gasteiger partial charge is 0.266 e. The first-order chi connectivity index (χ1) is 6.29. The highest BCUT2D eigenvalue weighted by atomic mass is 35.5. The summed E-state index contributed by atoms with van der Waals surface area (Å²) in [7, 11) is 0. The summed E-state index contributed by atoms with van der Waals surface area (Å²) in [5.74, 6) is 0.678. The van der Waals surface area contributed by atoms with E-state index in [1.54, 1.807) is 0 Å². The second-order valence-electron chi connectivity index (χ2n) is 2.90. The quantitative estimate of drug-likeness (QED) is 0.681. The molecule has 0 saturated heterocycles. The van der Waals surface area contributed by atoms with Gasteiger partial charge in [-0.2, -0.15) is 5.10 Å². The molecule has 1 heterocycles. The van der Waals surface area contributed by atoms with Crippen LogP contribution in [0.3, 0.4) is 0 Å². The monoisotopic (exact) mass is 198 g/mol. The molecule has 0 aromatic carbocycles. The van der Waals surface area contributed by atoms with E-state index in [0.717, 1.165) is 13.0 Å². The molecule has 2 nitrogen and oxygen atoms in total. The summed E-state index contributed by atoms with van der Waals surface area (Å²) in [6, 6.07) is 2.03. The van der Waals surface area contributed by atoms with Crippen LogP contribution in [0.2, 0.25) is 0 Å². The molecule has 0 aliphatic heterocycles. The van der Waals surface area contributed by atoms with Crippen LogP contribution in [0, 0.1) is 0 Å². The van der Waals surface area contributed by atoms with Crippen molar-refractivity contribution >= 4 is 17.2 Å². The fraction of sp³-hybridized carbons (Fsp3) is 0.500. The van der Waals surface area contributed by atoms with Gasteiger partial charge in [-0.05, 0) is 31.9 Å². The first kappa shape index (κ1) is 10.3.